The van der Waals surface area contributed by atoms with Crippen LogP contribution >= 0.6 is 12.2 Å². The number of halogens is 4. The highest BCUT2D eigenvalue weighted by atomic mass is 32.1. The standard InChI is InChI=1S/C8H6BF4NS/c9-7-5(8(11,12)13)1-4(14-3-15)2-6(7)10/h1-3,6-7H,(H,14,15). The van der Waals surface area contributed by atoms with E-state index >= 15 is 0 Å². The fraction of sp³-hybridized carbons (Fsp3) is 0.375. The average Bonchev–Trinajstić information content (AvgIpc) is 2.09. The van der Waals surface area contributed by atoms with E-state index in [9.17, 15) is 17.6 Å². The maximum Gasteiger partial charge on any atom is 0.412 e. The summed E-state index contributed by atoms with van der Waals surface area (Å²) in [5.74, 6) is -1.68. The fourth-order valence-corrected chi connectivity index (χ4v) is 1.32. The summed E-state index contributed by atoms with van der Waals surface area (Å²) in [6, 6.07) is 0. The Labute approximate surface area is 90.6 Å². The van der Waals surface area contributed by atoms with Gasteiger partial charge in [-0.25, -0.2) is 4.39 Å². The van der Waals surface area contributed by atoms with E-state index in [0.29, 0.717) is 0 Å². The van der Waals surface area contributed by atoms with Crippen molar-refractivity contribution in [2.24, 2.45) is 0 Å². The van der Waals surface area contributed by atoms with Gasteiger partial charge in [0.1, 0.15) is 6.17 Å². The highest BCUT2D eigenvalue weighted by molar-refractivity contribution is 7.78. The minimum Gasteiger partial charge on any atom is -0.353 e. The first-order valence-corrected chi connectivity index (χ1v) is 4.44. The summed E-state index contributed by atoms with van der Waals surface area (Å²) in [4.78, 5) is 0. The second-order valence-corrected chi connectivity index (χ2v) is 3.19. The Hall–Kier alpha value is -0.845. The molecule has 0 saturated carbocycles. The Bertz CT molecular complexity index is 323. The van der Waals surface area contributed by atoms with Gasteiger partial charge in [0.05, 0.1) is 13.3 Å². The summed E-state index contributed by atoms with van der Waals surface area (Å²) in [5.41, 5.74) is -0.136. The number of hydrogen-bond acceptors (Lipinski definition) is 1. The summed E-state index contributed by atoms with van der Waals surface area (Å²) in [6.45, 7) is 0. The predicted octanol–water partition coefficient (Wildman–Crippen LogP) is 2.21. The highest BCUT2D eigenvalue weighted by Crippen LogP contribution is 2.39. The SMILES string of the molecule is [B]C1C(C(F)(F)F)=CC(NC=S)=CC1F. The minimum atomic E-state index is -4.63. The van der Waals surface area contributed by atoms with Gasteiger partial charge in [-0.2, -0.15) is 13.2 Å². The van der Waals surface area contributed by atoms with Crippen LogP contribution in [0.1, 0.15) is 0 Å². The Morgan fingerprint density at radius 2 is 2.07 bits per heavy atom. The Kier molecular flexibility index (Phi) is 3.54. The number of alkyl halides is 4. The van der Waals surface area contributed by atoms with Gasteiger partial charge in [-0.05, 0) is 18.0 Å². The maximum atomic E-state index is 13.1. The third-order valence-electron chi connectivity index (χ3n) is 1.90. The van der Waals surface area contributed by atoms with Gasteiger partial charge in [-0.1, -0.05) is 12.2 Å². The lowest BCUT2D eigenvalue weighted by Crippen LogP contribution is -2.27. The molecule has 0 aliphatic heterocycles. The summed E-state index contributed by atoms with van der Waals surface area (Å²) in [7, 11) is 5.10. The van der Waals surface area contributed by atoms with Crippen molar-refractivity contribution in [3.8, 4) is 0 Å². The second-order valence-electron chi connectivity index (χ2n) is 2.95. The van der Waals surface area contributed by atoms with Crippen molar-refractivity contribution in [3.05, 3.63) is 23.4 Å². The van der Waals surface area contributed by atoms with Crippen molar-refractivity contribution in [3.63, 3.8) is 0 Å². The molecular formula is C8H6BF4NS. The largest absolute Gasteiger partial charge is 0.412 e. The predicted molar refractivity (Wildman–Crippen MR) is 53.4 cm³/mol. The molecule has 7 heteroatoms. The van der Waals surface area contributed by atoms with Crippen LogP contribution < -0.4 is 5.32 Å². The molecule has 0 bridgehead atoms. The molecule has 15 heavy (non-hydrogen) atoms. The van der Waals surface area contributed by atoms with Gasteiger partial charge < -0.3 is 5.32 Å². The summed E-state index contributed by atoms with van der Waals surface area (Å²) >= 11 is 4.39. The third kappa shape index (κ3) is 2.81. The first kappa shape index (κ1) is 12.2. The molecule has 0 amide bonds. The third-order valence-corrected chi connectivity index (χ3v) is 2.02. The highest BCUT2D eigenvalue weighted by Gasteiger charge is 2.40. The zero-order valence-corrected chi connectivity index (χ0v) is 8.20. The monoisotopic (exact) mass is 235 g/mol. The van der Waals surface area contributed by atoms with Gasteiger partial charge in [0.15, 0.2) is 0 Å². The van der Waals surface area contributed by atoms with E-state index in [-0.39, 0.29) is 5.70 Å². The fourth-order valence-electron chi connectivity index (χ4n) is 1.19. The molecule has 1 rings (SSSR count). The molecule has 0 aromatic carbocycles. The lowest BCUT2D eigenvalue weighted by atomic mass is 9.74. The topological polar surface area (TPSA) is 12.0 Å². The van der Waals surface area contributed by atoms with E-state index in [4.69, 9.17) is 7.85 Å². The lowest BCUT2D eigenvalue weighted by Gasteiger charge is -2.25. The Morgan fingerprint density at radius 1 is 1.47 bits per heavy atom. The van der Waals surface area contributed by atoms with Gasteiger partial charge in [0.25, 0.3) is 0 Å². The van der Waals surface area contributed by atoms with E-state index in [1.54, 1.807) is 0 Å². The number of nitrogens with one attached hydrogen (secondary N) is 1. The van der Waals surface area contributed by atoms with Crippen LogP contribution in [-0.4, -0.2) is 25.7 Å². The molecule has 0 aromatic rings. The Morgan fingerprint density at radius 3 is 2.53 bits per heavy atom. The Balaban J connectivity index is 3.03. The smallest absolute Gasteiger partial charge is 0.353 e. The quantitative estimate of drug-likeness (QED) is 0.447. The molecule has 0 saturated heterocycles. The van der Waals surface area contributed by atoms with E-state index in [1.165, 1.54) is 0 Å². The van der Waals surface area contributed by atoms with Crippen molar-refractivity contribution in [1.82, 2.24) is 5.32 Å². The summed E-state index contributed by atoms with van der Waals surface area (Å²) in [6.07, 6.45) is -4.79. The summed E-state index contributed by atoms with van der Waals surface area (Å²) in [5, 5.41) is 2.32. The molecule has 2 unspecified atom stereocenters. The molecule has 0 aromatic heterocycles. The molecule has 0 spiro atoms. The van der Waals surface area contributed by atoms with Crippen LogP contribution in [0.4, 0.5) is 17.6 Å². The van der Waals surface area contributed by atoms with Crippen molar-refractivity contribution in [2.45, 2.75) is 18.2 Å². The van der Waals surface area contributed by atoms with Crippen LogP contribution in [0.3, 0.4) is 0 Å². The van der Waals surface area contributed by atoms with E-state index in [2.05, 4.69) is 17.5 Å². The molecule has 1 aliphatic rings. The summed E-state index contributed by atoms with van der Waals surface area (Å²) < 4.78 is 50.2. The maximum absolute atomic E-state index is 13.1. The van der Waals surface area contributed by atoms with Gasteiger partial charge >= 0.3 is 6.18 Å². The van der Waals surface area contributed by atoms with Gasteiger partial charge in [0.2, 0.25) is 0 Å². The molecule has 0 heterocycles. The van der Waals surface area contributed by atoms with Crippen LogP contribution in [0.2, 0.25) is 5.82 Å². The molecule has 80 valence electrons. The zero-order chi connectivity index (χ0) is 11.6. The number of thiocarbonyl (C=S) groups is 1. The van der Waals surface area contributed by atoms with E-state index in [0.717, 1.165) is 17.6 Å². The molecule has 0 fully saturated rings. The molecule has 2 atom stereocenters. The second kappa shape index (κ2) is 4.34. The lowest BCUT2D eigenvalue weighted by molar-refractivity contribution is -0.0953. The van der Waals surface area contributed by atoms with Crippen molar-refractivity contribution in [2.75, 3.05) is 0 Å². The number of rotatable bonds is 2. The van der Waals surface area contributed by atoms with Gasteiger partial charge in [0, 0.05) is 11.3 Å². The normalized spacial score (nSPS) is 26.7. The van der Waals surface area contributed by atoms with Crippen LogP contribution in [0, 0.1) is 0 Å². The van der Waals surface area contributed by atoms with Crippen molar-refractivity contribution >= 4 is 25.6 Å². The van der Waals surface area contributed by atoms with Crippen LogP contribution in [0.15, 0.2) is 23.4 Å². The van der Waals surface area contributed by atoms with Gasteiger partial charge in [-0.3, -0.25) is 0 Å². The minimum absolute atomic E-state index is 0.0356. The van der Waals surface area contributed by atoms with Crippen LogP contribution in [0.5, 0.6) is 0 Å². The first-order valence-electron chi connectivity index (χ1n) is 3.96. The first-order chi connectivity index (χ1) is 6.86. The molecule has 1 nitrogen and oxygen atoms in total. The van der Waals surface area contributed by atoms with Gasteiger partial charge in [-0.15, -0.1) is 0 Å². The molecule has 1 N–H and O–H groups in total. The number of allylic oxidation sites excluding steroid dienone is 3. The van der Waals surface area contributed by atoms with E-state index in [1.807, 2.05) is 0 Å². The zero-order valence-electron chi connectivity index (χ0n) is 7.38. The molecular weight excluding hydrogens is 229 g/mol. The number of hydrogen-bond donors (Lipinski definition) is 1. The van der Waals surface area contributed by atoms with Crippen molar-refractivity contribution in [1.29, 1.82) is 0 Å². The average molecular weight is 235 g/mol. The van der Waals surface area contributed by atoms with E-state index < -0.39 is 23.7 Å². The molecule has 2 radical (unpaired) electrons. The van der Waals surface area contributed by atoms with Crippen LogP contribution in [-0.2, 0) is 0 Å². The van der Waals surface area contributed by atoms with Crippen LogP contribution in [0.25, 0.3) is 0 Å². The molecule has 1 aliphatic carbocycles. The van der Waals surface area contributed by atoms with Crippen molar-refractivity contribution < 1.29 is 17.6 Å².